The van der Waals surface area contributed by atoms with E-state index in [2.05, 4.69) is 5.32 Å². The van der Waals surface area contributed by atoms with Gasteiger partial charge in [-0.15, -0.1) is 0 Å². The van der Waals surface area contributed by atoms with Gasteiger partial charge >= 0.3 is 0 Å². The molecule has 2 rings (SSSR count). The molecule has 1 fully saturated rings. The Balaban J connectivity index is 1.89. The summed E-state index contributed by atoms with van der Waals surface area (Å²) in [4.78, 5) is 25.3. The molecule has 0 saturated carbocycles. The summed E-state index contributed by atoms with van der Waals surface area (Å²) in [5.41, 5.74) is 1.05. The first kappa shape index (κ1) is 17.6. The first-order chi connectivity index (χ1) is 10.9. The summed E-state index contributed by atoms with van der Waals surface area (Å²) in [5, 5.41) is 2.89. The summed E-state index contributed by atoms with van der Waals surface area (Å²) in [6.45, 7) is 7.61. The van der Waals surface area contributed by atoms with Gasteiger partial charge in [0.2, 0.25) is 0 Å². The first-order valence-corrected chi connectivity index (χ1v) is 8.26. The van der Waals surface area contributed by atoms with Gasteiger partial charge < -0.3 is 15.0 Å². The predicted molar refractivity (Wildman–Crippen MR) is 88.3 cm³/mol. The van der Waals surface area contributed by atoms with Gasteiger partial charge in [0.05, 0.1) is 6.04 Å². The third-order valence-corrected chi connectivity index (χ3v) is 4.14. The van der Waals surface area contributed by atoms with Gasteiger partial charge in [-0.05, 0) is 32.8 Å². The molecule has 0 radical (unpaired) electrons. The number of benzene rings is 1. The van der Waals surface area contributed by atoms with Crippen molar-refractivity contribution in [3.63, 3.8) is 0 Å². The molecule has 1 aliphatic heterocycles. The maximum absolute atomic E-state index is 12.3. The lowest BCUT2D eigenvalue weighted by molar-refractivity contribution is -0.907. The van der Waals surface area contributed by atoms with Crippen LogP contribution in [0.15, 0.2) is 30.3 Å². The lowest BCUT2D eigenvalue weighted by atomic mass is 10.0. The summed E-state index contributed by atoms with van der Waals surface area (Å²) in [6, 6.07) is 9.30. The quantitative estimate of drug-likeness (QED) is 0.776. The number of ether oxygens (including phenoxy) is 1. The summed E-state index contributed by atoms with van der Waals surface area (Å²) in [7, 11) is 0. The maximum Gasteiger partial charge on any atom is 0.275 e. The van der Waals surface area contributed by atoms with Gasteiger partial charge in [-0.3, -0.25) is 9.59 Å². The molecule has 0 aromatic heterocycles. The van der Waals surface area contributed by atoms with Crippen molar-refractivity contribution >= 4 is 11.7 Å². The number of rotatable bonds is 6. The van der Waals surface area contributed by atoms with Crippen molar-refractivity contribution in [2.75, 3.05) is 19.6 Å². The number of carbonyl (C=O) groups excluding carboxylic acids is 2. The van der Waals surface area contributed by atoms with Gasteiger partial charge in [0.15, 0.2) is 12.3 Å². The molecule has 126 valence electrons. The predicted octanol–water partition coefficient (Wildman–Crippen LogP) is -0.00500. The van der Waals surface area contributed by atoms with Gasteiger partial charge in [-0.2, -0.15) is 0 Å². The number of quaternary nitrogens is 1. The Morgan fingerprint density at radius 2 is 1.83 bits per heavy atom. The highest BCUT2D eigenvalue weighted by Gasteiger charge is 2.28. The number of hydrogen-bond donors (Lipinski definition) is 2. The van der Waals surface area contributed by atoms with E-state index in [4.69, 9.17) is 4.74 Å². The van der Waals surface area contributed by atoms with Gasteiger partial charge in [-0.25, -0.2) is 0 Å². The van der Waals surface area contributed by atoms with Gasteiger partial charge in [0.1, 0.15) is 25.3 Å². The zero-order chi connectivity index (χ0) is 16.8. The highest BCUT2D eigenvalue weighted by atomic mass is 16.5. The Morgan fingerprint density at radius 3 is 2.39 bits per heavy atom. The van der Waals surface area contributed by atoms with E-state index in [1.165, 1.54) is 11.8 Å². The molecular formula is C18H27N2O3+. The monoisotopic (exact) mass is 319 g/mol. The number of ketones is 1. The highest BCUT2D eigenvalue weighted by molar-refractivity contribution is 5.88. The second kappa shape index (κ2) is 8.22. The molecule has 5 heteroatoms. The van der Waals surface area contributed by atoms with Crippen molar-refractivity contribution in [3.05, 3.63) is 35.9 Å². The van der Waals surface area contributed by atoms with Crippen LogP contribution in [0.2, 0.25) is 0 Å². The number of amides is 1. The molecule has 1 aliphatic rings. The molecule has 0 aliphatic carbocycles. The van der Waals surface area contributed by atoms with Crippen LogP contribution >= 0.6 is 0 Å². The summed E-state index contributed by atoms with van der Waals surface area (Å²) in [5.74, 6) is -0.0849. The van der Waals surface area contributed by atoms with Crippen LogP contribution in [-0.4, -0.2) is 49.6 Å². The first-order valence-electron chi connectivity index (χ1n) is 8.26. The van der Waals surface area contributed by atoms with Crippen LogP contribution in [-0.2, 0) is 20.7 Å². The van der Waals surface area contributed by atoms with E-state index < -0.39 is 6.04 Å². The van der Waals surface area contributed by atoms with E-state index in [-0.39, 0.29) is 23.9 Å². The smallest absolute Gasteiger partial charge is 0.275 e. The fourth-order valence-electron chi connectivity index (χ4n) is 3.15. The van der Waals surface area contributed by atoms with Crippen molar-refractivity contribution in [2.45, 2.75) is 45.4 Å². The summed E-state index contributed by atoms with van der Waals surface area (Å²) >= 11 is 0. The van der Waals surface area contributed by atoms with Crippen LogP contribution in [0.25, 0.3) is 0 Å². The van der Waals surface area contributed by atoms with E-state index in [0.29, 0.717) is 13.0 Å². The van der Waals surface area contributed by atoms with E-state index in [9.17, 15) is 9.59 Å². The van der Waals surface area contributed by atoms with Crippen LogP contribution in [0, 0.1) is 0 Å². The minimum absolute atomic E-state index is 0.0130. The van der Waals surface area contributed by atoms with E-state index in [0.717, 1.165) is 18.7 Å². The number of hydrogen-bond acceptors (Lipinski definition) is 3. The van der Waals surface area contributed by atoms with E-state index >= 15 is 0 Å². The molecule has 1 heterocycles. The van der Waals surface area contributed by atoms with Gasteiger partial charge in [0.25, 0.3) is 5.91 Å². The molecule has 2 N–H and O–H groups in total. The minimum atomic E-state index is -0.458. The second-order valence-electron chi connectivity index (χ2n) is 6.51. The number of morpholine rings is 1. The fraction of sp³-hybridized carbons (Fsp3) is 0.556. The summed E-state index contributed by atoms with van der Waals surface area (Å²) in [6.07, 6.45) is 0.858. The van der Waals surface area contributed by atoms with Crippen molar-refractivity contribution < 1.29 is 19.2 Å². The van der Waals surface area contributed by atoms with Crippen molar-refractivity contribution in [3.8, 4) is 0 Å². The average Bonchev–Trinajstić information content (AvgIpc) is 2.46. The molecule has 1 aromatic rings. The molecule has 0 spiro atoms. The number of nitrogens with one attached hydrogen (secondary N) is 2. The Labute approximate surface area is 138 Å². The summed E-state index contributed by atoms with van der Waals surface area (Å²) < 4.78 is 5.69. The van der Waals surface area contributed by atoms with E-state index in [1.54, 1.807) is 0 Å². The molecule has 5 nitrogen and oxygen atoms in total. The lowest BCUT2D eigenvalue weighted by Gasteiger charge is -2.32. The Hall–Kier alpha value is -1.72. The Morgan fingerprint density at radius 1 is 1.22 bits per heavy atom. The third kappa shape index (κ3) is 5.77. The van der Waals surface area contributed by atoms with Crippen LogP contribution < -0.4 is 10.2 Å². The topological polar surface area (TPSA) is 59.8 Å². The van der Waals surface area contributed by atoms with Crippen molar-refractivity contribution in [1.82, 2.24) is 5.32 Å². The molecule has 0 bridgehead atoms. The average molecular weight is 319 g/mol. The standard InChI is InChI=1S/C18H26N2O3/c1-13-10-20(11-14(2)23-13)12-18(22)19-17(15(3)21)9-16-7-5-4-6-8-16/h4-8,13-14,17H,9-12H2,1-3H3,(H,19,22)/p+1/t13-,14-,17+/m1/s1. The number of carbonyl (C=O) groups is 2. The highest BCUT2D eigenvalue weighted by Crippen LogP contribution is 2.04. The molecule has 0 unspecified atom stereocenters. The fourth-order valence-corrected chi connectivity index (χ4v) is 3.15. The molecule has 23 heavy (non-hydrogen) atoms. The Kier molecular flexibility index (Phi) is 6.30. The third-order valence-electron chi connectivity index (χ3n) is 4.14. The van der Waals surface area contributed by atoms with Crippen LogP contribution in [0.3, 0.4) is 0 Å². The van der Waals surface area contributed by atoms with Crippen LogP contribution in [0.4, 0.5) is 0 Å². The van der Waals surface area contributed by atoms with Crippen molar-refractivity contribution in [2.24, 2.45) is 0 Å². The van der Waals surface area contributed by atoms with Gasteiger partial charge in [0, 0.05) is 0 Å². The normalized spacial score (nSPS) is 25.6. The van der Waals surface area contributed by atoms with Crippen molar-refractivity contribution in [1.29, 1.82) is 0 Å². The molecular weight excluding hydrogens is 292 g/mol. The zero-order valence-electron chi connectivity index (χ0n) is 14.2. The maximum atomic E-state index is 12.3. The largest absolute Gasteiger partial charge is 0.364 e. The number of Topliss-reactive ketones (excluding diaryl/α,β-unsaturated/α-hetero) is 1. The van der Waals surface area contributed by atoms with E-state index in [1.807, 2.05) is 44.2 Å². The van der Waals surface area contributed by atoms with Crippen LogP contribution in [0.1, 0.15) is 26.3 Å². The zero-order valence-corrected chi connectivity index (χ0v) is 14.2. The lowest BCUT2D eigenvalue weighted by Crippen LogP contribution is -3.16. The molecule has 1 amide bonds. The van der Waals surface area contributed by atoms with Crippen LogP contribution in [0.5, 0.6) is 0 Å². The molecule has 1 saturated heterocycles. The van der Waals surface area contributed by atoms with Gasteiger partial charge in [-0.1, -0.05) is 30.3 Å². The SMILES string of the molecule is CC(=O)[C@H](Cc1ccccc1)NC(=O)C[NH+]1C[C@@H](C)O[C@H](C)C1. The molecule has 3 atom stereocenters. The minimum Gasteiger partial charge on any atom is -0.364 e. The molecule has 1 aromatic carbocycles. The second-order valence-corrected chi connectivity index (χ2v) is 6.51. The Bertz CT molecular complexity index is 522.